The third-order valence-corrected chi connectivity index (χ3v) is 3.51. The Labute approximate surface area is 125 Å². The van der Waals surface area contributed by atoms with Crippen molar-refractivity contribution in [2.75, 3.05) is 20.8 Å². The average molecular weight is 300 g/mol. The lowest BCUT2D eigenvalue weighted by Gasteiger charge is -2.22. The summed E-state index contributed by atoms with van der Waals surface area (Å²) in [6.07, 6.45) is 0. The molecule has 1 aromatic rings. The molecule has 5 heteroatoms. The summed E-state index contributed by atoms with van der Waals surface area (Å²) in [7, 11) is 3.26. The van der Waals surface area contributed by atoms with Crippen LogP contribution in [0.2, 0.25) is 5.02 Å². The number of benzene rings is 1. The van der Waals surface area contributed by atoms with Crippen molar-refractivity contribution < 1.29 is 14.3 Å². The van der Waals surface area contributed by atoms with E-state index in [1.807, 2.05) is 32.2 Å². The van der Waals surface area contributed by atoms with Crippen LogP contribution in [0.25, 0.3) is 0 Å². The molecule has 20 heavy (non-hydrogen) atoms. The molecule has 4 nitrogen and oxygen atoms in total. The number of hydrogen-bond acceptors (Lipinski definition) is 4. The average Bonchev–Trinajstić information content (AvgIpc) is 2.43. The van der Waals surface area contributed by atoms with Crippen LogP contribution >= 0.6 is 11.6 Å². The molecule has 0 heterocycles. The highest BCUT2D eigenvalue weighted by atomic mass is 35.5. The Morgan fingerprint density at radius 2 is 2.10 bits per heavy atom. The van der Waals surface area contributed by atoms with Crippen LogP contribution in [0.15, 0.2) is 18.2 Å². The number of hydrogen-bond donors (Lipinski definition) is 1. The predicted molar refractivity (Wildman–Crippen MR) is 80.2 cm³/mol. The van der Waals surface area contributed by atoms with Crippen LogP contribution in [0.4, 0.5) is 0 Å². The summed E-state index contributed by atoms with van der Waals surface area (Å²) in [6, 6.07) is 5.85. The van der Waals surface area contributed by atoms with Crippen LogP contribution in [-0.2, 0) is 9.53 Å². The van der Waals surface area contributed by atoms with Gasteiger partial charge in [-0.05, 0) is 45.5 Å². The summed E-state index contributed by atoms with van der Waals surface area (Å²) in [5, 5.41) is 3.68. The maximum Gasteiger partial charge on any atom is 0.314 e. The van der Waals surface area contributed by atoms with Gasteiger partial charge in [0.05, 0.1) is 17.5 Å². The molecule has 0 amide bonds. The second kappa shape index (κ2) is 6.95. The Morgan fingerprint density at radius 3 is 2.60 bits per heavy atom. The summed E-state index contributed by atoms with van der Waals surface area (Å²) in [5.74, 6) is 0.254. The second-order valence-corrected chi connectivity index (χ2v) is 5.77. The van der Waals surface area contributed by atoms with E-state index in [0.717, 1.165) is 5.56 Å². The summed E-state index contributed by atoms with van der Waals surface area (Å²) in [4.78, 5) is 11.6. The van der Waals surface area contributed by atoms with E-state index in [1.54, 1.807) is 13.8 Å². The number of carbonyl (C=O) groups excluding carboxylic acids is 1. The molecule has 0 spiro atoms. The smallest absolute Gasteiger partial charge is 0.314 e. The van der Waals surface area contributed by atoms with E-state index in [2.05, 4.69) is 5.32 Å². The first-order valence-corrected chi connectivity index (χ1v) is 6.87. The van der Waals surface area contributed by atoms with E-state index < -0.39 is 5.41 Å². The van der Waals surface area contributed by atoms with Crippen LogP contribution in [-0.4, -0.2) is 26.7 Å². The summed E-state index contributed by atoms with van der Waals surface area (Å²) in [6.45, 7) is 5.79. The van der Waals surface area contributed by atoms with Gasteiger partial charge in [0.1, 0.15) is 12.4 Å². The summed E-state index contributed by atoms with van der Waals surface area (Å²) < 4.78 is 10.4. The lowest BCUT2D eigenvalue weighted by molar-refractivity contribution is -0.152. The molecule has 0 aromatic heterocycles. The third kappa shape index (κ3) is 4.12. The van der Waals surface area contributed by atoms with E-state index in [0.29, 0.717) is 10.8 Å². The molecule has 1 atom stereocenters. The normalized spacial score (nSPS) is 12.9. The Kier molecular flexibility index (Phi) is 5.84. The van der Waals surface area contributed by atoms with Crippen molar-refractivity contribution in [2.45, 2.75) is 26.8 Å². The summed E-state index contributed by atoms with van der Waals surface area (Å²) in [5.41, 5.74) is 0.367. The van der Waals surface area contributed by atoms with Crippen molar-refractivity contribution in [3.05, 3.63) is 28.8 Å². The third-order valence-electron chi connectivity index (χ3n) is 3.22. The van der Waals surface area contributed by atoms with E-state index in [-0.39, 0.29) is 18.6 Å². The van der Waals surface area contributed by atoms with Gasteiger partial charge >= 0.3 is 5.97 Å². The van der Waals surface area contributed by atoms with Crippen molar-refractivity contribution in [3.8, 4) is 5.75 Å². The minimum Gasteiger partial charge on any atom is -0.491 e. The van der Waals surface area contributed by atoms with Crippen molar-refractivity contribution in [2.24, 2.45) is 5.41 Å². The zero-order valence-electron chi connectivity index (χ0n) is 12.6. The lowest BCUT2D eigenvalue weighted by Crippen LogP contribution is -2.32. The molecular weight excluding hydrogens is 278 g/mol. The first-order chi connectivity index (χ1) is 9.31. The van der Waals surface area contributed by atoms with Crippen LogP contribution in [0, 0.1) is 5.41 Å². The molecule has 0 aliphatic heterocycles. The van der Waals surface area contributed by atoms with Gasteiger partial charge in [-0.15, -0.1) is 0 Å². The molecule has 0 aliphatic carbocycles. The van der Waals surface area contributed by atoms with Crippen molar-refractivity contribution >= 4 is 17.6 Å². The van der Waals surface area contributed by atoms with Crippen LogP contribution < -0.4 is 10.1 Å². The quantitative estimate of drug-likeness (QED) is 0.820. The number of carbonyl (C=O) groups is 1. The fourth-order valence-electron chi connectivity index (χ4n) is 1.66. The maximum atomic E-state index is 11.6. The molecule has 0 fully saturated rings. The van der Waals surface area contributed by atoms with Crippen LogP contribution in [0.1, 0.15) is 32.4 Å². The second-order valence-electron chi connectivity index (χ2n) is 5.36. The standard InChI is InChI=1S/C15H22ClNO3/c1-10(17-4)11-6-7-13(12(16)8-11)20-9-15(2,3)14(18)19-5/h6-8,10,17H,9H2,1-5H3. The fourth-order valence-corrected chi connectivity index (χ4v) is 1.91. The zero-order chi connectivity index (χ0) is 15.3. The Hall–Kier alpha value is -1.26. The minimum absolute atomic E-state index is 0.209. The molecule has 0 aliphatic rings. The monoisotopic (exact) mass is 299 g/mol. The lowest BCUT2D eigenvalue weighted by atomic mass is 9.95. The first-order valence-electron chi connectivity index (χ1n) is 6.49. The van der Waals surface area contributed by atoms with Gasteiger partial charge < -0.3 is 14.8 Å². The molecule has 112 valence electrons. The Morgan fingerprint density at radius 1 is 1.45 bits per heavy atom. The topological polar surface area (TPSA) is 47.6 Å². The largest absolute Gasteiger partial charge is 0.491 e. The van der Waals surface area contributed by atoms with Crippen LogP contribution in [0.3, 0.4) is 0 Å². The molecule has 1 aromatic carbocycles. The van der Waals surface area contributed by atoms with Gasteiger partial charge in [-0.2, -0.15) is 0 Å². The molecule has 0 saturated heterocycles. The number of esters is 1. The number of nitrogens with one attached hydrogen (secondary N) is 1. The highest BCUT2D eigenvalue weighted by Crippen LogP contribution is 2.29. The Bertz CT molecular complexity index is 474. The van der Waals surface area contributed by atoms with E-state index in [9.17, 15) is 4.79 Å². The van der Waals surface area contributed by atoms with Crippen molar-refractivity contribution in [1.82, 2.24) is 5.32 Å². The van der Waals surface area contributed by atoms with Gasteiger partial charge in [0.25, 0.3) is 0 Å². The number of methoxy groups -OCH3 is 1. The molecule has 1 unspecified atom stereocenters. The SMILES string of the molecule is CNC(C)c1ccc(OCC(C)(C)C(=O)OC)c(Cl)c1. The maximum absolute atomic E-state index is 11.6. The van der Waals surface area contributed by atoms with Gasteiger partial charge in [-0.1, -0.05) is 17.7 Å². The number of ether oxygens (including phenoxy) is 2. The Balaban J connectivity index is 2.77. The van der Waals surface area contributed by atoms with Gasteiger partial charge in [0.15, 0.2) is 0 Å². The first kappa shape index (κ1) is 16.8. The van der Waals surface area contributed by atoms with Gasteiger partial charge in [0.2, 0.25) is 0 Å². The van der Waals surface area contributed by atoms with Gasteiger partial charge in [0, 0.05) is 6.04 Å². The van der Waals surface area contributed by atoms with Gasteiger partial charge in [-0.3, -0.25) is 4.79 Å². The highest BCUT2D eigenvalue weighted by molar-refractivity contribution is 6.32. The minimum atomic E-state index is -0.713. The molecule has 1 rings (SSSR count). The highest BCUT2D eigenvalue weighted by Gasteiger charge is 2.30. The van der Waals surface area contributed by atoms with Crippen LogP contribution in [0.5, 0.6) is 5.75 Å². The molecule has 0 bridgehead atoms. The van der Waals surface area contributed by atoms with E-state index >= 15 is 0 Å². The summed E-state index contributed by atoms with van der Waals surface area (Å²) >= 11 is 6.20. The van der Waals surface area contributed by atoms with Crippen molar-refractivity contribution in [1.29, 1.82) is 0 Å². The molecule has 0 radical (unpaired) electrons. The zero-order valence-corrected chi connectivity index (χ0v) is 13.4. The van der Waals surface area contributed by atoms with Gasteiger partial charge in [-0.25, -0.2) is 0 Å². The molecular formula is C15H22ClNO3. The van der Waals surface area contributed by atoms with E-state index in [1.165, 1.54) is 7.11 Å². The van der Waals surface area contributed by atoms with Crippen molar-refractivity contribution in [3.63, 3.8) is 0 Å². The predicted octanol–water partition coefficient (Wildman–Crippen LogP) is 3.20. The van der Waals surface area contributed by atoms with E-state index in [4.69, 9.17) is 21.1 Å². The number of halogens is 1. The molecule has 1 N–H and O–H groups in total. The fraction of sp³-hybridized carbons (Fsp3) is 0.533. The molecule has 0 saturated carbocycles. The number of rotatable bonds is 6.